The predicted octanol–water partition coefficient (Wildman–Crippen LogP) is 3.89. The topological polar surface area (TPSA) is 77.9 Å². The van der Waals surface area contributed by atoms with Crippen molar-refractivity contribution in [1.82, 2.24) is 30.4 Å². The van der Waals surface area contributed by atoms with Crippen molar-refractivity contribution in [3.8, 4) is 11.1 Å². The molecule has 1 aliphatic carbocycles. The average molecular weight is 554 g/mol. The number of nitrogens with one attached hydrogen (secondary N) is 2. The Balaban J connectivity index is 1.31. The number of hydrogen-bond acceptors (Lipinski definition) is 6. The fourth-order valence-electron chi connectivity index (χ4n) is 7.23. The number of aryl methyl sites for hydroxylation is 1. The number of nitrogens with zero attached hydrogens (tertiary/aromatic N) is 5. The SMILES string of the molecule is CNC(=O)N1CCC2=C(C1)C(N1CCC3(CC3)c3cc(-c4cnn(C)c4)c(C(F)F)cc31)NN2C1CCOCC1. The molecule has 2 fully saturated rings. The van der Waals surface area contributed by atoms with Crippen LogP contribution in [-0.4, -0.2) is 77.8 Å². The van der Waals surface area contributed by atoms with Crippen molar-refractivity contribution < 1.29 is 18.3 Å². The third-order valence-corrected chi connectivity index (χ3v) is 9.59. The van der Waals surface area contributed by atoms with Gasteiger partial charge in [-0.05, 0) is 60.8 Å². The van der Waals surface area contributed by atoms with Crippen molar-refractivity contribution in [1.29, 1.82) is 0 Å². The first-order chi connectivity index (χ1) is 19.4. The Labute approximate surface area is 233 Å². The molecule has 1 saturated heterocycles. The minimum Gasteiger partial charge on any atom is -0.381 e. The van der Waals surface area contributed by atoms with Gasteiger partial charge in [0.05, 0.1) is 6.20 Å². The number of anilines is 1. The third kappa shape index (κ3) is 4.16. The van der Waals surface area contributed by atoms with E-state index in [2.05, 4.69) is 25.8 Å². The molecule has 2 aromatic rings. The van der Waals surface area contributed by atoms with Gasteiger partial charge in [0, 0.05) is 93.7 Å². The number of hydrazine groups is 1. The summed E-state index contributed by atoms with van der Waals surface area (Å²) >= 11 is 0. The Hall–Kier alpha value is -3.18. The lowest BCUT2D eigenvalue weighted by Gasteiger charge is -2.42. The summed E-state index contributed by atoms with van der Waals surface area (Å²) < 4.78 is 36.5. The molecule has 9 nitrogen and oxygen atoms in total. The van der Waals surface area contributed by atoms with Gasteiger partial charge < -0.3 is 24.9 Å². The highest BCUT2D eigenvalue weighted by atomic mass is 19.3. The second kappa shape index (κ2) is 9.73. The van der Waals surface area contributed by atoms with Gasteiger partial charge in [0.25, 0.3) is 6.43 Å². The van der Waals surface area contributed by atoms with Gasteiger partial charge in [0.15, 0.2) is 0 Å². The molecule has 214 valence electrons. The van der Waals surface area contributed by atoms with Crippen LogP contribution in [0.15, 0.2) is 35.8 Å². The monoisotopic (exact) mass is 553 g/mol. The average Bonchev–Trinajstić information content (AvgIpc) is 3.45. The number of amides is 2. The molecule has 11 heteroatoms. The van der Waals surface area contributed by atoms with Crippen molar-refractivity contribution in [2.45, 2.75) is 62.6 Å². The summed E-state index contributed by atoms with van der Waals surface area (Å²) in [5, 5.41) is 9.35. The number of benzene rings is 1. The highest BCUT2D eigenvalue weighted by Crippen LogP contribution is 2.58. The van der Waals surface area contributed by atoms with E-state index in [0.29, 0.717) is 24.7 Å². The largest absolute Gasteiger partial charge is 0.381 e. The molecule has 2 amide bonds. The van der Waals surface area contributed by atoms with Gasteiger partial charge in [-0.15, -0.1) is 0 Å². The molecule has 0 radical (unpaired) electrons. The van der Waals surface area contributed by atoms with Crippen molar-refractivity contribution >= 4 is 11.7 Å². The standard InChI is InChI=1S/C29H37F2N7O2/c1-32-28(39)36-9-3-24-22(17-36)27(34-38(24)19-4-11-40-12-5-19)37-10-8-29(6-7-29)23-13-20(18-15-33-35(2)16-18)21(26(30)31)14-25(23)37/h13-16,19,26-27,34H,3-12,17H2,1-2H3,(H,32,39). The van der Waals surface area contributed by atoms with Crippen molar-refractivity contribution in [2.24, 2.45) is 7.05 Å². The fraction of sp³-hybridized carbons (Fsp3) is 0.586. The first-order valence-corrected chi connectivity index (χ1v) is 14.4. The van der Waals surface area contributed by atoms with E-state index in [9.17, 15) is 13.6 Å². The quantitative estimate of drug-likeness (QED) is 0.599. The molecule has 5 heterocycles. The first kappa shape index (κ1) is 25.8. The van der Waals surface area contributed by atoms with Gasteiger partial charge in [0.2, 0.25) is 0 Å². The minimum absolute atomic E-state index is 0.0403. The van der Waals surface area contributed by atoms with Crippen LogP contribution in [0.25, 0.3) is 11.1 Å². The molecular weight excluding hydrogens is 516 g/mol. The molecule has 1 spiro atoms. The van der Waals surface area contributed by atoms with Gasteiger partial charge in [0.1, 0.15) is 6.17 Å². The molecule has 40 heavy (non-hydrogen) atoms. The zero-order valence-corrected chi connectivity index (χ0v) is 23.1. The number of aromatic nitrogens is 2. The molecule has 7 rings (SSSR count). The van der Waals surface area contributed by atoms with Crippen molar-refractivity contribution in [2.75, 3.05) is 44.8 Å². The van der Waals surface area contributed by atoms with Gasteiger partial charge in [-0.3, -0.25) is 4.68 Å². The Bertz CT molecular complexity index is 1350. The molecule has 1 aromatic carbocycles. The lowest BCUT2D eigenvalue weighted by Crippen LogP contribution is -2.54. The van der Waals surface area contributed by atoms with E-state index in [1.54, 1.807) is 24.0 Å². The van der Waals surface area contributed by atoms with E-state index in [0.717, 1.165) is 80.7 Å². The number of urea groups is 1. The van der Waals surface area contributed by atoms with Crippen LogP contribution in [0.3, 0.4) is 0 Å². The van der Waals surface area contributed by atoms with Crippen molar-refractivity contribution in [3.05, 3.63) is 46.9 Å². The summed E-state index contributed by atoms with van der Waals surface area (Å²) in [5.74, 6) is 0. The van der Waals surface area contributed by atoms with Gasteiger partial charge >= 0.3 is 6.03 Å². The fourth-order valence-corrected chi connectivity index (χ4v) is 7.23. The van der Waals surface area contributed by atoms with Gasteiger partial charge in [-0.1, -0.05) is 0 Å². The summed E-state index contributed by atoms with van der Waals surface area (Å²) in [4.78, 5) is 16.8. The maximum atomic E-state index is 14.6. The minimum atomic E-state index is -2.61. The number of rotatable bonds is 4. The van der Waals surface area contributed by atoms with Crippen LogP contribution < -0.4 is 15.6 Å². The number of hydrogen-bond donors (Lipinski definition) is 2. The van der Waals surface area contributed by atoms with Crippen LogP contribution in [0.1, 0.15) is 56.1 Å². The number of ether oxygens (including phenoxy) is 1. The zero-order chi connectivity index (χ0) is 27.6. The van der Waals surface area contributed by atoms with E-state index >= 15 is 0 Å². The lowest BCUT2D eigenvalue weighted by molar-refractivity contribution is 0.0292. The van der Waals surface area contributed by atoms with Crippen LogP contribution in [0.4, 0.5) is 19.3 Å². The maximum absolute atomic E-state index is 14.6. The number of carbonyl (C=O) groups is 1. The smallest absolute Gasteiger partial charge is 0.317 e. The van der Waals surface area contributed by atoms with E-state index in [4.69, 9.17) is 4.74 Å². The number of alkyl halides is 2. The van der Waals surface area contributed by atoms with Gasteiger partial charge in [-0.2, -0.15) is 5.10 Å². The van der Waals surface area contributed by atoms with Crippen LogP contribution >= 0.6 is 0 Å². The molecule has 1 unspecified atom stereocenters. The normalized spacial score (nSPS) is 24.1. The Kier molecular flexibility index (Phi) is 6.27. The van der Waals surface area contributed by atoms with Crippen LogP contribution in [0, 0.1) is 0 Å². The van der Waals surface area contributed by atoms with Crippen LogP contribution in [-0.2, 0) is 17.2 Å². The summed E-state index contributed by atoms with van der Waals surface area (Å²) in [6.45, 7) is 3.39. The summed E-state index contributed by atoms with van der Waals surface area (Å²) in [7, 11) is 3.47. The molecule has 2 N–H and O–H groups in total. The highest BCUT2D eigenvalue weighted by molar-refractivity contribution is 5.77. The van der Waals surface area contributed by atoms with Crippen LogP contribution in [0.2, 0.25) is 0 Å². The van der Waals surface area contributed by atoms with E-state index < -0.39 is 6.43 Å². The molecule has 1 aromatic heterocycles. The second-order valence-corrected chi connectivity index (χ2v) is 11.8. The third-order valence-electron chi connectivity index (χ3n) is 9.59. The Morgan fingerprint density at radius 1 is 1.20 bits per heavy atom. The van der Waals surface area contributed by atoms with Crippen LogP contribution in [0.5, 0.6) is 0 Å². The molecular formula is C29H37F2N7O2. The molecule has 0 bridgehead atoms. The number of carbonyl (C=O) groups excluding carboxylic acids is 1. The summed E-state index contributed by atoms with van der Waals surface area (Å²) in [6, 6.07) is 3.97. The number of fused-ring (bicyclic) bond motifs is 2. The van der Waals surface area contributed by atoms with Crippen molar-refractivity contribution in [3.63, 3.8) is 0 Å². The summed E-state index contributed by atoms with van der Waals surface area (Å²) in [5.41, 5.74) is 9.65. The maximum Gasteiger partial charge on any atom is 0.317 e. The molecule has 5 aliphatic rings. The Morgan fingerprint density at radius 2 is 2.00 bits per heavy atom. The lowest BCUT2D eigenvalue weighted by atomic mass is 9.83. The first-order valence-electron chi connectivity index (χ1n) is 14.4. The van der Waals surface area contributed by atoms with E-state index in [1.165, 1.54) is 5.70 Å². The molecule has 4 aliphatic heterocycles. The summed E-state index contributed by atoms with van der Waals surface area (Å²) in [6.07, 6.45) is 6.44. The number of halogens is 2. The molecule has 1 saturated carbocycles. The molecule has 1 atom stereocenters. The van der Waals surface area contributed by atoms with E-state index in [-0.39, 0.29) is 23.2 Å². The highest BCUT2D eigenvalue weighted by Gasteiger charge is 2.51. The zero-order valence-electron chi connectivity index (χ0n) is 23.1. The van der Waals surface area contributed by atoms with E-state index in [1.807, 2.05) is 24.2 Å². The Morgan fingerprint density at radius 3 is 2.67 bits per heavy atom. The second-order valence-electron chi connectivity index (χ2n) is 11.8. The van der Waals surface area contributed by atoms with Gasteiger partial charge in [-0.25, -0.2) is 19.0 Å². The predicted molar refractivity (Wildman–Crippen MR) is 147 cm³/mol.